The van der Waals surface area contributed by atoms with Crippen LogP contribution >= 0.6 is 0 Å². The quantitative estimate of drug-likeness (QED) is 0.868. The van der Waals surface area contributed by atoms with Crippen molar-refractivity contribution in [3.8, 4) is 0 Å². The Kier molecular flexibility index (Phi) is 5.35. The van der Waals surface area contributed by atoms with E-state index >= 15 is 0 Å². The Labute approximate surface area is 122 Å². The zero-order valence-electron chi connectivity index (χ0n) is 13.3. The van der Waals surface area contributed by atoms with Crippen LogP contribution in [0.3, 0.4) is 0 Å². The first-order chi connectivity index (χ1) is 9.17. The van der Waals surface area contributed by atoms with E-state index in [4.69, 9.17) is 0 Å². The monoisotopic (exact) mass is 277 g/mol. The van der Waals surface area contributed by atoms with Crippen LogP contribution in [-0.2, 0) is 5.41 Å². The normalized spacial score (nSPS) is 14.7. The van der Waals surface area contributed by atoms with Crippen molar-refractivity contribution in [2.45, 2.75) is 58.5 Å². The summed E-state index contributed by atoms with van der Waals surface area (Å²) in [6.45, 7) is 10.3. The van der Waals surface area contributed by atoms with Crippen LogP contribution < -0.4 is 5.32 Å². The Bertz CT molecular complexity index is 458. The molecule has 0 heterocycles. The summed E-state index contributed by atoms with van der Waals surface area (Å²) in [6.07, 6.45) is 1.57. The standard InChI is InChI=1S/C17H27NO2/c1-6-11-17(5,20)12-18-15(19)13-9-7-8-10-14(13)16(2,3)4/h7-10,20H,6,11-12H2,1-5H3,(H,18,19). The molecule has 3 heteroatoms. The molecule has 3 nitrogen and oxygen atoms in total. The predicted molar refractivity (Wildman–Crippen MR) is 83.0 cm³/mol. The lowest BCUT2D eigenvalue weighted by atomic mass is 9.83. The number of carbonyl (C=O) groups is 1. The van der Waals surface area contributed by atoms with Crippen LogP contribution in [0.2, 0.25) is 0 Å². The molecule has 0 aromatic heterocycles. The van der Waals surface area contributed by atoms with E-state index in [1.807, 2.05) is 31.2 Å². The van der Waals surface area contributed by atoms with Gasteiger partial charge in [-0.15, -0.1) is 0 Å². The third kappa shape index (κ3) is 4.64. The number of hydrogen-bond donors (Lipinski definition) is 2. The van der Waals surface area contributed by atoms with Crippen LogP contribution in [0.5, 0.6) is 0 Å². The van der Waals surface area contributed by atoms with Crippen molar-refractivity contribution in [2.75, 3.05) is 6.54 Å². The largest absolute Gasteiger partial charge is 0.388 e. The topological polar surface area (TPSA) is 49.3 Å². The summed E-state index contributed by atoms with van der Waals surface area (Å²) < 4.78 is 0. The summed E-state index contributed by atoms with van der Waals surface area (Å²) in [4.78, 5) is 12.3. The predicted octanol–water partition coefficient (Wildman–Crippen LogP) is 3.27. The maximum atomic E-state index is 12.3. The third-order valence-electron chi connectivity index (χ3n) is 3.40. The van der Waals surface area contributed by atoms with Gasteiger partial charge in [0.15, 0.2) is 0 Å². The molecule has 1 amide bonds. The molecule has 1 rings (SSSR count). The average molecular weight is 277 g/mol. The summed E-state index contributed by atoms with van der Waals surface area (Å²) in [5, 5.41) is 13.0. The molecule has 0 spiro atoms. The highest BCUT2D eigenvalue weighted by atomic mass is 16.3. The lowest BCUT2D eigenvalue weighted by molar-refractivity contribution is 0.0469. The van der Waals surface area contributed by atoms with E-state index in [9.17, 15) is 9.90 Å². The summed E-state index contributed by atoms with van der Waals surface area (Å²) in [5.74, 6) is -0.119. The van der Waals surface area contributed by atoms with Crippen LogP contribution in [0.15, 0.2) is 24.3 Å². The van der Waals surface area contributed by atoms with Crippen LogP contribution in [0, 0.1) is 0 Å². The van der Waals surface area contributed by atoms with Gasteiger partial charge in [-0.25, -0.2) is 0 Å². The lowest BCUT2D eigenvalue weighted by Gasteiger charge is -2.25. The second kappa shape index (κ2) is 6.40. The van der Waals surface area contributed by atoms with Crippen molar-refractivity contribution in [1.29, 1.82) is 0 Å². The summed E-state index contributed by atoms with van der Waals surface area (Å²) in [6, 6.07) is 7.64. The van der Waals surface area contributed by atoms with E-state index in [0.717, 1.165) is 12.0 Å². The molecular formula is C17H27NO2. The molecule has 0 aliphatic carbocycles. The van der Waals surface area contributed by atoms with Gasteiger partial charge >= 0.3 is 0 Å². The van der Waals surface area contributed by atoms with E-state index in [1.54, 1.807) is 6.92 Å². The zero-order valence-corrected chi connectivity index (χ0v) is 13.3. The fourth-order valence-electron chi connectivity index (χ4n) is 2.33. The average Bonchev–Trinajstić information content (AvgIpc) is 2.35. The molecule has 0 aliphatic heterocycles. The van der Waals surface area contributed by atoms with Gasteiger partial charge in [0.2, 0.25) is 0 Å². The molecule has 0 radical (unpaired) electrons. The molecule has 0 aliphatic rings. The van der Waals surface area contributed by atoms with Gasteiger partial charge < -0.3 is 10.4 Å². The van der Waals surface area contributed by atoms with E-state index in [2.05, 4.69) is 26.1 Å². The van der Waals surface area contributed by atoms with Gasteiger partial charge in [-0.2, -0.15) is 0 Å². The van der Waals surface area contributed by atoms with Crippen LogP contribution in [0.1, 0.15) is 63.4 Å². The van der Waals surface area contributed by atoms with Gasteiger partial charge in [0, 0.05) is 12.1 Å². The Morgan fingerprint density at radius 3 is 2.35 bits per heavy atom. The number of carbonyl (C=O) groups excluding carboxylic acids is 1. The zero-order chi connectivity index (χ0) is 15.4. The first-order valence-corrected chi connectivity index (χ1v) is 7.27. The van der Waals surface area contributed by atoms with Crippen molar-refractivity contribution >= 4 is 5.91 Å². The van der Waals surface area contributed by atoms with Crippen molar-refractivity contribution in [1.82, 2.24) is 5.32 Å². The number of rotatable bonds is 5. The maximum Gasteiger partial charge on any atom is 0.251 e. The van der Waals surface area contributed by atoms with Gasteiger partial charge in [0.05, 0.1) is 5.60 Å². The van der Waals surface area contributed by atoms with Crippen LogP contribution in [0.4, 0.5) is 0 Å². The molecule has 0 fully saturated rings. The van der Waals surface area contributed by atoms with Gasteiger partial charge in [-0.05, 0) is 30.4 Å². The highest BCUT2D eigenvalue weighted by Gasteiger charge is 2.24. The molecule has 1 unspecified atom stereocenters. The summed E-state index contributed by atoms with van der Waals surface area (Å²) in [7, 11) is 0. The Hall–Kier alpha value is -1.35. The summed E-state index contributed by atoms with van der Waals surface area (Å²) in [5.41, 5.74) is 0.779. The SMILES string of the molecule is CCCC(C)(O)CNC(=O)c1ccccc1C(C)(C)C. The number of aliphatic hydroxyl groups is 1. The van der Waals surface area contributed by atoms with Crippen molar-refractivity contribution in [3.63, 3.8) is 0 Å². The molecule has 112 valence electrons. The van der Waals surface area contributed by atoms with Crippen LogP contribution in [-0.4, -0.2) is 23.2 Å². The molecule has 0 bridgehead atoms. The molecule has 1 aromatic rings. The van der Waals surface area contributed by atoms with Crippen molar-refractivity contribution in [3.05, 3.63) is 35.4 Å². The summed E-state index contributed by atoms with van der Waals surface area (Å²) >= 11 is 0. The van der Waals surface area contributed by atoms with Crippen molar-refractivity contribution < 1.29 is 9.90 Å². The van der Waals surface area contributed by atoms with E-state index in [0.29, 0.717) is 12.0 Å². The maximum absolute atomic E-state index is 12.3. The van der Waals surface area contributed by atoms with Gasteiger partial charge in [-0.3, -0.25) is 4.79 Å². The highest BCUT2D eigenvalue weighted by molar-refractivity contribution is 5.96. The highest BCUT2D eigenvalue weighted by Crippen LogP contribution is 2.25. The van der Waals surface area contributed by atoms with Crippen molar-refractivity contribution in [2.24, 2.45) is 0 Å². The van der Waals surface area contributed by atoms with Crippen LogP contribution in [0.25, 0.3) is 0 Å². The first kappa shape index (κ1) is 16.7. The number of hydrogen-bond acceptors (Lipinski definition) is 2. The molecule has 0 saturated carbocycles. The Morgan fingerprint density at radius 1 is 1.20 bits per heavy atom. The fraction of sp³-hybridized carbons (Fsp3) is 0.588. The molecule has 1 aromatic carbocycles. The molecule has 2 N–H and O–H groups in total. The Morgan fingerprint density at radius 2 is 1.80 bits per heavy atom. The molecule has 1 atom stereocenters. The van der Waals surface area contributed by atoms with E-state index < -0.39 is 5.60 Å². The number of benzene rings is 1. The molecule has 0 saturated heterocycles. The Balaban J connectivity index is 2.84. The van der Waals surface area contributed by atoms with E-state index in [-0.39, 0.29) is 17.9 Å². The van der Waals surface area contributed by atoms with E-state index in [1.165, 1.54) is 0 Å². The minimum absolute atomic E-state index is 0.0835. The minimum atomic E-state index is -0.846. The number of amides is 1. The van der Waals surface area contributed by atoms with Gasteiger partial charge in [0.25, 0.3) is 5.91 Å². The molecular weight excluding hydrogens is 250 g/mol. The lowest BCUT2D eigenvalue weighted by Crippen LogP contribution is -2.41. The minimum Gasteiger partial charge on any atom is -0.388 e. The number of nitrogens with one attached hydrogen (secondary N) is 1. The van der Waals surface area contributed by atoms with Gasteiger partial charge in [-0.1, -0.05) is 52.3 Å². The smallest absolute Gasteiger partial charge is 0.251 e. The molecule has 20 heavy (non-hydrogen) atoms. The third-order valence-corrected chi connectivity index (χ3v) is 3.40. The second-order valence-corrected chi connectivity index (χ2v) is 6.73. The van der Waals surface area contributed by atoms with Gasteiger partial charge in [0.1, 0.15) is 0 Å². The second-order valence-electron chi connectivity index (χ2n) is 6.73. The first-order valence-electron chi connectivity index (χ1n) is 7.27. The fourth-order valence-corrected chi connectivity index (χ4v) is 2.33.